The molecule has 0 unspecified atom stereocenters. The van der Waals surface area contributed by atoms with Crippen LogP contribution in [-0.2, 0) is 0 Å². The second kappa shape index (κ2) is 6.08. The van der Waals surface area contributed by atoms with Crippen LogP contribution in [0.2, 0.25) is 0 Å². The van der Waals surface area contributed by atoms with E-state index in [0.29, 0.717) is 5.03 Å². The molecule has 1 nitrogen and oxygen atoms in total. The molecule has 0 aliphatic heterocycles. The van der Waals surface area contributed by atoms with E-state index < -0.39 is 0 Å². The van der Waals surface area contributed by atoms with Gasteiger partial charge in [0.2, 0.25) is 0 Å². The summed E-state index contributed by atoms with van der Waals surface area (Å²) in [4.78, 5) is 0. The van der Waals surface area contributed by atoms with E-state index in [1.54, 1.807) is 6.08 Å². The van der Waals surface area contributed by atoms with Crippen molar-refractivity contribution in [2.24, 2.45) is 0 Å². The number of para-hydroxylation sites is 2. The van der Waals surface area contributed by atoms with Crippen molar-refractivity contribution >= 4 is 29.1 Å². The summed E-state index contributed by atoms with van der Waals surface area (Å²) in [6.45, 7) is 3.65. The third-order valence-electron chi connectivity index (χ3n) is 2.50. The first kappa shape index (κ1) is 12.5. The molecule has 0 saturated heterocycles. The SMILES string of the molecule is C=CC(Cl)=Cc1ccccc1Nc1ccccc1. The van der Waals surface area contributed by atoms with Crippen molar-refractivity contribution in [3.05, 3.63) is 77.8 Å². The van der Waals surface area contributed by atoms with Gasteiger partial charge in [0.05, 0.1) is 0 Å². The van der Waals surface area contributed by atoms with E-state index in [1.165, 1.54) is 0 Å². The third-order valence-corrected chi connectivity index (χ3v) is 2.77. The Balaban J connectivity index is 2.31. The molecule has 0 amide bonds. The smallest absolute Gasteiger partial charge is 0.0458 e. The number of rotatable bonds is 4. The van der Waals surface area contributed by atoms with Crippen LogP contribution in [0.4, 0.5) is 11.4 Å². The predicted molar refractivity (Wildman–Crippen MR) is 80.2 cm³/mol. The molecule has 2 aromatic carbocycles. The number of hydrogen-bond acceptors (Lipinski definition) is 1. The zero-order chi connectivity index (χ0) is 12.8. The van der Waals surface area contributed by atoms with Crippen LogP contribution in [-0.4, -0.2) is 0 Å². The van der Waals surface area contributed by atoms with Crippen LogP contribution in [0.5, 0.6) is 0 Å². The summed E-state index contributed by atoms with van der Waals surface area (Å²) in [6, 6.07) is 18.0. The van der Waals surface area contributed by atoms with Crippen molar-refractivity contribution in [3.63, 3.8) is 0 Å². The number of benzene rings is 2. The van der Waals surface area contributed by atoms with Crippen molar-refractivity contribution in [1.29, 1.82) is 0 Å². The number of allylic oxidation sites excluding steroid dienone is 2. The first-order valence-corrected chi connectivity index (χ1v) is 6.08. The highest BCUT2D eigenvalue weighted by Crippen LogP contribution is 2.23. The van der Waals surface area contributed by atoms with Gasteiger partial charge in [0.25, 0.3) is 0 Å². The van der Waals surface area contributed by atoms with Gasteiger partial charge in [0.15, 0.2) is 0 Å². The van der Waals surface area contributed by atoms with Crippen molar-refractivity contribution in [1.82, 2.24) is 0 Å². The van der Waals surface area contributed by atoms with Crippen LogP contribution >= 0.6 is 11.6 Å². The highest BCUT2D eigenvalue weighted by atomic mass is 35.5. The van der Waals surface area contributed by atoms with E-state index in [4.69, 9.17) is 11.6 Å². The fourth-order valence-electron chi connectivity index (χ4n) is 1.62. The molecule has 0 fully saturated rings. The highest BCUT2D eigenvalue weighted by Gasteiger charge is 1.99. The average molecular weight is 256 g/mol. The van der Waals surface area contributed by atoms with Gasteiger partial charge in [-0.3, -0.25) is 0 Å². The first-order chi connectivity index (χ1) is 8.79. The largest absolute Gasteiger partial charge is 0.355 e. The molecule has 0 heterocycles. The third kappa shape index (κ3) is 3.25. The van der Waals surface area contributed by atoms with Crippen molar-refractivity contribution in [3.8, 4) is 0 Å². The van der Waals surface area contributed by atoms with Crippen molar-refractivity contribution in [2.45, 2.75) is 0 Å². The monoisotopic (exact) mass is 255 g/mol. The van der Waals surface area contributed by atoms with Gasteiger partial charge in [0.1, 0.15) is 0 Å². The molecule has 2 aromatic rings. The second-order valence-corrected chi connectivity index (χ2v) is 4.25. The zero-order valence-electron chi connectivity index (χ0n) is 9.94. The fraction of sp³-hybridized carbons (Fsp3) is 0. The molecule has 18 heavy (non-hydrogen) atoms. The van der Waals surface area contributed by atoms with Crippen LogP contribution < -0.4 is 5.32 Å². The molecule has 0 aliphatic carbocycles. The predicted octanol–water partition coefficient (Wildman–Crippen LogP) is 5.20. The topological polar surface area (TPSA) is 12.0 Å². The lowest BCUT2D eigenvalue weighted by Crippen LogP contribution is -1.92. The summed E-state index contributed by atoms with van der Waals surface area (Å²) in [6.07, 6.45) is 3.51. The van der Waals surface area contributed by atoms with Gasteiger partial charge in [-0.25, -0.2) is 0 Å². The van der Waals surface area contributed by atoms with Crippen LogP contribution in [0.15, 0.2) is 72.3 Å². The van der Waals surface area contributed by atoms with Gasteiger partial charge in [-0.05, 0) is 29.8 Å². The van der Waals surface area contributed by atoms with Gasteiger partial charge < -0.3 is 5.32 Å². The summed E-state index contributed by atoms with van der Waals surface area (Å²) < 4.78 is 0. The Morgan fingerprint density at radius 3 is 2.39 bits per heavy atom. The fourth-order valence-corrected chi connectivity index (χ4v) is 1.74. The maximum Gasteiger partial charge on any atom is 0.0458 e. The minimum absolute atomic E-state index is 0.623. The summed E-state index contributed by atoms with van der Waals surface area (Å²) in [5.74, 6) is 0. The van der Waals surface area contributed by atoms with E-state index in [1.807, 2.05) is 60.7 Å². The molecule has 90 valence electrons. The molecule has 0 spiro atoms. The maximum atomic E-state index is 5.99. The molecule has 0 saturated carbocycles. The standard InChI is InChI=1S/C16H14ClN/c1-2-14(17)12-13-8-6-7-11-16(13)18-15-9-4-3-5-10-15/h2-12,18H,1H2. The number of nitrogens with one attached hydrogen (secondary N) is 1. The first-order valence-electron chi connectivity index (χ1n) is 5.70. The van der Waals surface area contributed by atoms with Crippen molar-refractivity contribution < 1.29 is 0 Å². The molecule has 0 atom stereocenters. The maximum absolute atomic E-state index is 5.99. The number of anilines is 2. The van der Waals surface area contributed by atoms with Gasteiger partial charge in [-0.1, -0.05) is 60.7 Å². The summed E-state index contributed by atoms with van der Waals surface area (Å²) in [5, 5.41) is 3.99. The van der Waals surface area contributed by atoms with E-state index in [2.05, 4.69) is 11.9 Å². The lowest BCUT2D eigenvalue weighted by molar-refractivity contribution is 1.53. The van der Waals surface area contributed by atoms with Crippen LogP contribution in [0.3, 0.4) is 0 Å². The van der Waals surface area contributed by atoms with E-state index in [-0.39, 0.29) is 0 Å². The van der Waals surface area contributed by atoms with Crippen LogP contribution in [0, 0.1) is 0 Å². The Kier molecular flexibility index (Phi) is 4.21. The van der Waals surface area contributed by atoms with Gasteiger partial charge in [-0.2, -0.15) is 0 Å². The minimum atomic E-state index is 0.623. The molecule has 0 aromatic heterocycles. The highest BCUT2D eigenvalue weighted by molar-refractivity contribution is 6.33. The quantitative estimate of drug-likeness (QED) is 0.741. The lowest BCUT2D eigenvalue weighted by atomic mass is 10.1. The van der Waals surface area contributed by atoms with Gasteiger partial charge in [0, 0.05) is 16.4 Å². The van der Waals surface area contributed by atoms with E-state index in [0.717, 1.165) is 16.9 Å². The lowest BCUT2D eigenvalue weighted by Gasteiger charge is -2.09. The molecule has 0 radical (unpaired) electrons. The molecular formula is C16H14ClN. The van der Waals surface area contributed by atoms with Gasteiger partial charge in [-0.15, -0.1) is 0 Å². The molecule has 1 N–H and O–H groups in total. The Labute approximate surface area is 112 Å². The summed E-state index contributed by atoms with van der Waals surface area (Å²) in [5.41, 5.74) is 3.10. The van der Waals surface area contributed by atoms with Crippen molar-refractivity contribution in [2.75, 3.05) is 5.32 Å². The summed E-state index contributed by atoms with van der Waals surface area (Å²) >= 11 is 5.99. The Bertz CT molecular complexity index is 558. The second-order valence-electron chi connectivity index (χ2n) is 3.81. The molecule has 2 rings (SSSR count). The number of halogens is 1. The Morgan fingerprint density at radius 1 is 1.00 bits per heavy atom. The van der Waals surface area contributed by atoms with E-state index in [9.17, 15) is 0 Å². The average Bonchev–Trinajstić information content (AvgIpc) is 2.42. The zero-order valence-corrected chi connectivity index (χ0v) is 10.7. The Hall–Kier alpha value is -1.99. The van der Waals surface area contributed by atoms with Crippen LogP contribution in [0.1, 0.15) is 5.56 Å². The van der Waals surface area contributed by atoms with Gasteiger partial charge >= 0.3 is 0 Å². The molecule has 2 heteroatoms. The Morgan fingerprint density at radius 2 is 1.67 bits per heavy atom. The summed E-state index contributed by atoms with van der Waals surface area (Å²) in [7, 11) is 0. The van der Waals surface area contributed by atoms with E-state index >= 15 is 0 Å². The molecule has 0 aliphatic rings. The number of hydrogen-bond donors (Lipinski definition) is 1. The molecule has 0 bridgehead atoms. The molecular weight excluding hydrogens is 242 g/mol. The van der Waals surface area contributed by atoms with Crippen LogP contribution in [0.25, 0.3) is 6.08 Å². The minimum Gasteiger partial charge on any atom is -0.355 e. The normalized spacial score (nSPS) is 11.1.